The minimum atomic E-state index is -0.287. The number of fused-ring (bicyclic) bond motifs is 5. The van der Waals surface area contributed by atoms with Gasteiger partial charge in [0.15, 0.2) is 6.23 Å². The Balaban J connectivity index is 1.91. The summed E-state index contributed by atoms with van der Waals surface area (Å²) in [4.78, 5) is 14.3. The van der Waals surface area contributed by atoms with Crippen LogP contribution in [-0.4, -0.2) is 5.91 Å². The minimum Gasteiger partial charge on any atom is -0.349 e. The van der Waals surface area contributed by atoms with Crippen LogP contribution >= 0.6 is 15.9 Å². The van der Waals surface area contributed by atoms with E-state index in [2.05, 4.69) is 15.9 Å². The van der Waals surface area contributed by atoms with Gasteiger partial charge in [-0.15, -0.1) is 0 Å². The number of rotatable bonds is 0. The van der Waals surface area contributed by atoms with E-state index < -0.39 is 0 Å². The molecule has 0 radical (unpaired) electrons. The lowest BCUT2D eigenvalue weighted by Crippen LogP contribution is -2.33. The van der Waals surface area contributed by atoms with Crippen molar-refractivity contribution in [2.75, 3.05) is 4.90 Å². The zero-order valence-corrected chi connectivity index (χ0v) is 11.6. The number of benzene rings is 2. The van der Waals surface area contributed by atoms with Crippen molar-refractivity contribution in [3.8, 4) is 0 Å². The molecule has 4 heteroatoms. The van der Waals surface area contributed by atoms with Crippen LogP contribution in [0.15, 0.2) is 46.9 Å². The lowest BCUT2D eigenvalue weighted by Gasteiger charge is -2.32. The third kappa shape index (κ3) is 1.50. The molecule has 2 aromatic carbocycles. The Morgan fingerprint density at radius 2 is 2.05 bits per heavy atom. The number of ether oxygens (including phenoxy) is 1. The fourth-order valence-corrected chi connectivity index (χ4v) is 3.10. The largest absolute Gasteiger partial charge is 0.349 e. The lowest BCUT2D eigenvalue weighted by atomic mass is 10.1. The van der Waals surface area contributed by atoms with Gasteiger partial charge in [-0.1, -0.05) is 40.2 Å². The number of nitrogens with zero attached hydrogens (tertiary/aromatic N) is 1. The summed E-state index contributed by atoms with van der Waals surface area (Å²) in [5.41, 5.74) is 3.67. The van der Waals surface area contributed by atoms with Crippen molar-refractivity contribution in [1.29, 1.82) is 0 Å². The molecule has 2 aliphatic rings. The average molecular weight is 316 g/mol. The third-order valence-electron chi connectivity index (χ3n) is 3.61. The summed E-state index contributed by atoms with van der Waals surface area (Å²) >= 11 is 3.41. The molecule has 0 aromatic heterocycles. The first-order valence-electron chi connectivity index (χ1n) is 6.08. The standard InChI is InChI=1S/C15H10BrNO2/c16-10-5-6-11-12(7-10)14(18)17-13-4-2-1-3-9(13)8-19-15(11)17/h1-7,15H,8H2/t15-/m1/s1. The number of halogens is 1. The number of anilines is 1. The number of hydrogen-bond donors (Lipinski definition) is 0. The highest BCUT2D eigenvalue weighted by molar-refractivity contribution is 9.10. The van der Waals surface area contributed by atoms with Crippen LogP contribution in [0.3, 0.4) is 0 Å². The van der Waals surface area contributed by atoms with Crippen molar-refractivity contribution in [3.05, 3.63) is 63.6 Å². The van der Waals surface area contributed by atoms with Crippen LogP contribution in [-0.2, 0) is 11.3 Å². The summed E-state index contributed by atoms with van der Waals surface area (Å²) < 4.78 is 6.76. The van der Waals surface area contributed by atoms with Gasteiger partial charge < -0.3 is 4.74 Å². The summed E-state index contributed by atoms with van der Waals surface area (Å²) in [5, 5.41) is 0. The fraction of sp³-hybridized carbons (Fsp3) is 0.133. The molecule has 0 saturated carbocycles. The predicted molar refractivity (Wildman–Crippen MR) is 74.9 cm³/mol. The van der Waals surface area contributed by atoms with Gasteiger partial charge in [0.2, 0.25) is 0 Å². The van der Waals surface area contributed by atoms with E-state index in [1.54, 1.807) is 4.90 Å². The predicted octanol–water partition coefficient (Wildman–Crippen LogP) is 3.64. The molecule has 19 heavy (non-hydrogen) atoms. The monoisotopic (exact) mass is 315 g/mol. The zero-order chi connectivity index (χ0) is 13.0. The summed E-state index contributed by atoms with van der Waals surface area (Å²) in [7, 11) is 0. The van der Waals surface area contributed by atoms with Gasteiger partial charge in [-0.2, -0.15) is 0 Å². The van der Waals surface area contributed by atoms with Gasteiger partial charge in [0.05, 0.1) is 12.3 Å². The lowest BCUT2D eigenvalue weighted by molar-refractivity contribution is 0.0319. The molecule has 2 aromatic rings. The first-order valence-corrected chi connectivity index (χ1v) is 6.87. The number of carbonyl (C=O) groups excluding carboxylic acids is 1. The van der Waals surface area contributed by atoms with Crippen LogP contribution in [0.4, 0.5) is 5.69 Å². The highest BCUT2D eigenvalue weighted by Crippen LogP contribution is 2.43. The van der Waals surface area contributed by atoms with Gasteiger partial charge in [0.1, 0.15) is 0 Å². The Morgan fingerprint density at radius 3 is 2.95 bits per heavy atom. The topological polar surface area (TPSA) is 29.5 Å². The molecule has 3 nitrogen and oxygen atoms in total. The molecule has 0 spiro atoms. The number of amides is 1. The van der Waals surface area contributed by atoms with Crippen molar-refractivity contribution >= 4 is 27.5 Å². The van der Waals surface area contributed by atoms with Crippen molar-refractivity contribution in [2.24, 2.45) is 0 Å². The van der Waals surface area contributed by atoms with Crippen LogP contribution in [0, 0.1) is 0 Å². The van der Waals surface area contributed by atoms with E-state index in [0.717, 1.165) is 26.9 Å². The molecule has 4 rings (SSSR count). The molecule has 0 bridgehead atoms. The quantitative estimate of drug-likeness (QED) is 0.743. The Hall–Kier alpha value is -1.65. The molecule has 0 N–H and O–H groups in total. The summed E-state index contributed by atoms with van der Waals surface area (Å²) in [5.74, 6) is 0.00782. The fourth-order valence-electron chi connectivity index (χ4n) is 2.74. The highest BCUT2D eigenvalue weighted by Gasteiger charge is 2.41. The Labute approximate surface area is 118 Å². The minimum absolute atomic E-state index is 0.00782. The van der Waals surface area contributed by atoms with Gasteiger partial charge in [0, 0.05) is 21.2 Å². The molecular formula is C15H10BrNO2. The van der Waals surface area contributed by atoms with E-state index in [1.807, 2.05) is 42.5 Å². The molecule has 0 saturated heterocycles. The second-order valence-electron chi connectivity index (χ2n) is 4.70. The SMILES string of the molecule is O=C1c2cc(Br)ccc2[C@H]2OCc3ccccc3N12. The van der Waals surface area contributed by atoms with Crippen LogP contribution in [0.2, 0.25) is 0 Å². The van der Waals surface area contributed by atoms with Crippen LogP contribution in [0.25, 0.3) is 0 Å². The van der Waals surface area contributed by atoms with E-state index in [4.69, 9.17) is 4.74 Å². The summed E-state index contributed by atoms with van der Waals surface area (Å²) in [6.45, 7) is 0.542. The molecular weight excluding hydrogens is 306 g/mol. The third-order valence-corrected chi connectivity index (χ3v) is 4.11. The number of hydrogen-bond acceptors (Lipinski definition) is 2. The maximum atomic E-state index is 12.6. The molecule has 2 heterocycles. The first kappa shape index (κ1) is 11.2. The summed E-state index contributed by atoms with van der Waals surface area (Å²) in [6.07, 6.45) is -0.287. The average Bonchev–Trinajstić information content (AvgIpc) is 2.72. The Bertz CT molecular complexity index is 698. The molecule has 0 aliphatic carbocycles. The van der Waals surface area contributed by atoms with Gasteiger partial charge in [-0.25, -0.2) is 0 Å². The normalized spacial score (nSPS) is 19.9. The van der Waals surface area contributed by atoms with E-state index in [1.165, 1.54) is 0 Å². The van der Waals surface area contributed by atoms with E-state index in [0.29, 0.717) is 6.61 Å². The number of carbonyl (C=O) groups is 1. The van der Waals surface area contributed by atoms with E-state index in [-0.39, 0.29) is 12.1 Å². The van der Waals surface area contributed by atoms with E-state index >= 15 is 0 Å². The van der Waals surface area contributed by atoms with Crippen LogP contribution in [0.1, 0.15) is 27.7 Å². The van der Waals surface area contributed by atoms with Crippen molar-refractivity contribution in [1.82, 2.24) is 0 Å². The Morgan fingerprint density at radius 1 is 1.21 bits per heavy atom. The molecule has 1 atom stereocenters. The molecule has 1 amide bonds. The second-order valence-corrected chi connectivity index (χ2v) is 5.61. The zero-order valence-electron chi connectivity index (χ0n) is 9.97. The van der Waals surface area contributed by atoms with Crippen molar-refractivity contribution in [2.45, 2.75) is 12.8 Å². The van der Waals surface area contributed by atoms with Gasteiger partial charge in [-0.3, -0.25) is 9.69 Å². The van der Waals surface area contributed by atoms with Crippen molar-refractivity contribution < 1.29 is 9.53 Å². The van der Waals surface area contributed by atoms with Gasteiger partial charge >= 0.3 is 0 Å². The number of para-hydroxylation sites is 1. The highest BCUT2D eigenvalue weighted by atomic mass is 79.9. The maximum Gasteiger partial charge on any atom is 0.261 e. The molecule has 0 unspecified atom stereocenters. The summed E-state index contributed by atoms with van der Waals surface area (Å²) in [6, 6.07) is 13.7. The first-order chi connectivity index (χ1) is 9.25. The second kappa shape index (κ2) is 3.92. The van der Waals surface area contributed by atoms with Crippen molar-refractivity contribution in [3.63, 3.8) is 0 Å². The van der Waals surface area contributed by atoms with Crippen LogP contribution < -0.4 is 4.90 Å². The Kier molecular flexibility index (Phi) is 2.31. The molecule has 94 valence electrons. The molecule has 2 aliphatic heterocycles. The smallest absolute Gasteiger partial charge is 0.261 e. The maximum absolute atomic E-state index is 12.6. The molecule has 0 fully saturated rings. The van der Waals surface area contributed by atoms with Gasteiger partial charge in [-0.05, 0) is 18.2 Å². The van der Waals surface area contributed by atoms with Gasteiger partial charge in [0.25, 0.3) is 5.91 Å². The van der Waals surface area contributed by atoms with Crippen LogP contribution in [0.5, 0.6) is 0 Å². The van der Waals surface area contributed by atoms with E-state index in [9.17, 15) is 4.79 Å².